The summed E-state index contributed by atoms with van der Waals surface area (Å²) in [6.07, 6.45) is 2.77. The first-order valence-corrected chi connectivity index (χ1v) is 5.83. The second-order valence-electron chi connectivity index (χ2n) is 4.85. The monoisotopic (exact) mass is 224 g/mol. The van der Waals surface area contributed by atoms with Crippen molar-refractivity contribution in [2.45, 2.75) is 26.2 Å². The molecule has 16 heavy (non-hydrogen) atoms. The van der Waals surface area contributed by atoms with E-state index in [0.717, 1.165) is 38.2 Å². The minimum absolute atomic E-state index is 0.00150. The molecule has 0 aromatic carbocycles. The molecule has 0 bridgehead atoms. The lowest BCUT2D eigenvalue weighted by Crippen LogP contribution is -2.35. The number of hydrogen-bond acceptors (Lipinski definition) is 3. The molecular weight excluding hydrogens is 204 g/mol. The summed E-state index contributed by atoms with van der Waals surface area (Å²) in [6, 6.07) is 2.10. The van der Waals surface area contributed by atoms with Crippen molar-refractivity contribution in [1.29, 1.82) is 0 Å². The van der Waals surface area contributed by atoms with E-state index < -0.39 is 0 Å². The predicted octanol–water partition coefficient (Wildman–Crippen LogP) is 1.06. The van der Waals surface area contributed by atoms with Crippen LogP contribution in [-0.4, -0.2) is 34.7 Å². The molecule has 4 heteroatoms. The highest BCUT2D eigenvalue weighted by atomic mass is 16.5. The standard InChI is InChI=1S/C12H20N2O2/c1-10-7-11(14(2)13-10)8-12(9-15)3-5-16-6-4-12/h7,15H,3-6,8-9H2,1-2H3. The lowest BCUT2D eigenvalue weighted by molar-refractivity contribution is -0.0166. The van der Waals surface area contributed by atoms with Gasteiger partial charge in [-0.05, 0) is 32.3 Å². The molecule has 1 aliphatic rings. The van der Waals surface area contributed by atoms with Crippen LogP contribution in [0.5, 0.6) is 0 Å². The van der Waals surface area contributed by atoms with Crippen LogP contribution in [0.4, 0.5) is 0 Å². The number of aliphatic hydroxyl groups excluding tert-OH is 1. The van der Waals surface area contributed by atoms with Gasteiger partial charge in [0, 0.05) is 38.0 Å². The van der Waals surface area contributed by atoms with Gasteiger partial charge in [0.25, 0.3) is 0 Å². The molecule has 2 rings (SSSR count). The van der Waals surface area contributed by atoms with Gasteiger partial charge in [0.2, 0.25) is 0 Å². The van der Waals surface area contributed by atoms with Crippen molar-refractivity contribution in [1.82, 2.24) is 9.78 Å². The maximum absolute atomic E-state index is 9.62. The van der Waals surface area contributed by atoms with Crippen molar-refractivity contribution < 1.29 is 9.84 Å². The number of aromatic nitrogens is 2. The predicted molar refractivity (Wildman–Crippen MR) is 61.2 cm³/mol. The fourth-order valence-electron chi connectivity index (χ4n) is 2.41. The number of ether oxygens (including phenoxy) is 1. The topological polar surface area (TPSA) is 47.3 Å². The minimum Gasteiger partial charge on any atom is -0.396 e. The molecule has 0 atom stereocenters. The summed E-state index contributed by atoms with van der Waals surface area (Å²) in [5.41, 5.74) is 2.24. The van der Waals surface area contributed by atoms with Crippen LogP contribution in [0.15, 0.2) is 6.07 Å². The van der Waals surface area contributed by atoms with E-state index in [0.29, 0.717) is 0 Å². The molecule has 0 spiro atoms. The first-order valence-electron chi connectivity index (χ1n) is 5.83. The summed E-state index contributed by atoms with van der Waals surface area (Å²) in [7, 11) is 1.97. The lowest BCUT2D eigenvalue weighted by atomic mass is 9.77. The maximum Gasteiger partial charge on any atom is 0.0596 e. The average Bonchev–Trinajstić information content (AvgIpc) is 2.59. The Labute approximate surface area is 96.2 Å². The summed E-state index contributed by atoms with van der Waals surface area (Å²) in [5.74, 6) is 0. The molecule has 0 aliphatic carbocycles. The Kier molecular flexibility index (Phi) is 3.30. The number of nitrogens with zero attached hydrogens (tertiary/aromatic N) is 2. The highest BCUT2D eigenvalue weighted by molar-refractivity contribution is 5.11. The van der Waals surface area contributed by atoms with Crippen LogP contribution in [-0.2, 0) is 18.2 Å². The molecular formula is C12H20N2O2. The Morgan fingerprint density at radius 2 is 2.19 bits per heavy atom. The Morgan fingerprint density at radius 1 is 1.50 bits per heavy atom. The molecule has 1 N–H and O–H groups in total. The Bertz CT molecular complexity index is 354. The Morgan fingerprint density at radius 3 is 2.69 bits per heavy atom. The number of aliphatic hydroxyl groups is 1. The second kappa shape index (κ2) is 4.55. The third kappa shape index (κ3) is 2.28. The van der Waals surface area contributed by atoms with Gasteiger partial charge in [-0.25, -0.2) is 0 Å². The number of rotatable bonds is 3. The average molecular weight is 224 g/mol. The van der Waals surface area contributed by atoms with Crippen molar-refractivity contribution in [2.24, 2.45) is 12.5 Å². The van der Waals surface area contributed by atoms with Crippen LogP contribution in [0, 0.1) is 12.3 Å². The number of hydrogen-bond donors (Lipinski definition) is 1. The summed E-state index contributed by atoms with van der Waals surface area (Å²) in [4.78, 5) is 0. The molecule has 1 saturated heterocycles. The van der Waals surface area contributed by atoms with Crippen molar-refractivity contribution in [3.63, 3.8) is 0 Å². The molecule has 0 unspecified atom stereocenters. The fraction of sp³-hybridized carbons (Fsp3) is 0.750. The zero-order valence-corrected chi connectivity index (χ0v) is 10.1. The Balaban J connectivity index is 2.14. The van der Waals surface area contributed by atoms with Crippen LogP contribution in [0.25, 0.3) is 0 Å². The van der Waals surface area contributed by atoms with Crippen molar-refractivity contribution >= 4 is 0 Å². The van der Waals surface area contributed by atoms with Crippen molar-refractivity contribution in [2.75, 3.05) is 19.8 Å². The third-order valence-electron chi connectivity index (χ3n) is 3.54. The van der Waals surface area contributed by atoms with E-state index in [2.05, 4.69) is 11.2 Å². The van der Waals surface area contributed by atoms with Gasteiger partial charge >= 0.3 is 0 Å². The Hall–Kier alpha value is -0.870. The highest BCUT2D eigenvalue weighted by Gasteiger charge is 2.33. The molecule has 1 aromatic rings. The normalized spacial score (nSPS) is 19.9. The van der Waals surface area contributed by atoms with Gasteiger partial charge in [-0.15, -0.1) is 0 Å². The molecule has 0 saturated carbocycles. The van der Waals surface area contributed by atoms with E-state index >= 15 is 0 Å². The van der Waals surface area contributed by atoms with E-state index in [4.69, 9.17) is 4.74 Å². The molecule has 1 aromatic heterocycles. The van der Waals surface area contributed by atoms with Gasteiger partial charge in [0.05, 0.1) is 5.69 Å². The largest absolute Gasteiger partial charge is 0.396 e. The highest BCUT2D eigenvalue weighted by Crippen LogP contribution is 2.33. The van der Waals surface area contributed by atoms with Gasteiger partial charge in [0.1, 0.15) is 0 Å². The van der Waals surface area contributed by atoms with E-state index in [-0.39, 0.29) is 12.0 Å². The smallest absolute Gasteiger partial charge is 0.0596 e. The maximum atomic E-state index is 9.62. The number of aryl methyl sites for hydroxylation is 2. The molecule has 2 heterocycles. The van der Waals surface area contributed by atoms with E-state index in [1.165, 1.54) is 5.69 Å². The van der Waals surface area contributed by atoms with Gasteiger partial charge in [0.15, 0.2) is 0 Å². The van der Waals surface area contributed by atoms with Crippen LogP contribution >= 0.6 is 0 Å². The zero-order valence-electron chi connectivity index (χ0n) is 10.1. The van der Waals surface area contributed by atoms with Crippen LogP contribution < -0.4 is 0 Å². The lowest BCUT2D eigenvalue weighted by Gasteiger charge is -2.35. The van der Waals surface area contributed by atoms with Gasteiger partial charge in [-0.3, -0.25) is 4.68 Å². The molecule has 1 aliphatic heterocycles. The van der Waals surface area contributed by atoms with Crippen molar-refractivity contribution in [3.8, 4) is 0 Å². The van der Waals surface area contributed by atoms with Crippen molar-refractivity contribution in [3.05, 3.63) is 17.5 Å². The van der Waals surface area contributed by atoms with E-state index in [1.54, 1.807) is 0 Å². The first kappa shape index (κ1) is 11.6. The zero-order chi connectivity index (χ0) is 11.6. The first-order chi connectivity index (χ1) is 7.65. The van der Waals surface area contributed by atoms with Crippen LogP contribution in [0.3, 0.4) is 0 Å². The molecule has 90 valence electrons. The molecule has 0 radical (unpaired) electrons. The third-order valence-corrected chi connectivity index (χ3v) is 3.54. The fourth-order valence-corrected chi connectivity index (χ4v) is 2.41. The van der Waals surface area contributed by atoms with Gasteiger partial charge in [-0.2, -0.15) is 5.10 Å². The van der Waals surface area contributed by atoms with E-state index in [9.17, 15) is 5.11 Å². The van der Waals surface area contributed by atoms with Crippen LogP contribution in [0.2, 0.25) is 0 Å². The molecule has 1 fully saturated rings. The summed E-state index contributed by atoms with van der Waals surface area (Å²) >= 11 is 0. The van der Waals surface area contributed by atoms with E-state index in [1.807, 2.05) is 18.7 Å². The minimum atomic E-state index is -0.00150. The van der Waals surface area contributed by atoms with Gasteiger partial charge < -0.3 is 9.84 Å². The summed E-state index contributed by atoms with van der Waals surface area (Å²) in [5, 5.41) is 14.0. The second-order valence-corrected chi connectivity index (χ2v) is 4.85. The molecule has 0 amide bonds. The summed E-state index contributed by atoms with van der Waals surface area (Å²) < 4.78 is 7.29. The van der Waals surface area contributed by atoms with Crippen LogP contribution in [0.1, 0.15) is 24.2 Å². The van der Waals surface area contributed by atoms with Gasteiger partial charge in [-0.1, -0.05) is 0 Å². The molecule has 4 nitrogen and oxygen atoms in total. The quantitative estimate of drug-likeness (QED) is 0.835. The summed E-state index contributed by atoms with van der Waals surface area (Å²) in [6.45, 7) is 3.76. The SMILES string of the molecule is Cc1cc(CC2(CO)CCOCC2)n(C)n1.